The molecule has 17 heavy (non-hydrogen) atoms. The van der Waals surface area contributed by atoms with Crippen LogP contribution in [0.5, 0.6) is 5.75 Å². The SMILES string of the molecule is COCCOCCOc1ccc(C(=N)N)nc1. The van der Waals surface area contributed by atoms with Gasteiger partial charge in [0, 0.05) is 7.11 Å². The van der Waals surface area contributed by atoms with Crippen molar-refractivity contribution in [2.75, 3.05) is 33.5 Å². The van der Waals surface area contributed by atoms with E-state index in [9.17, 15) is 0 Å². The van der Waals surface area contributed by atoms with Crippen LogP contribution in [0.1, 0.15) is 5.69 Å². The maximum Gasteiger partial charge on any atom is 0.141 e. The molecule has 1 aromatic heterocycles. The summed E-state index contributed by atoms with van der Waals surface area (Å²) in [6, 6.07) is 3.36. The van der Waals surface area contributed by atoms with E-state index in [1.807, 2.05) is 0 Å². The van der Waals surface area contributed by atoms with Gasteiger partial charge in [-0.2, -0.15) is 0 Å². The monoisotopic (exact) mass is 239 g/mol. The Labute approximate surface area is 100 Å². The maximum atomic E-state index is 7.18. The Bertz CT molecular complexity index is 340. The quantitative estimate of drug-likeness (QED) is 0.389. The van der Waals surface area contributed by atoms with Gasteiger partial charge < -0.3 is 19.9 Å². The van der Waals surface area contributed by atoms with Crippen LogP contribution in [0.4, 0.5) is 0 Å². The summed E-state index contributed by atoms with van der Waals surface area (Å²) >= 11 is 0. The number of nitrogens with one attached hydrogen (secondary N) is 1. The Kier molecular flexibility index (Phi) is 5.98. The van der Waals surface area contributed by atoms with Crippen molar-refractivity contribution < 1.29 is 14.2 Å². The molecule has 6 heteroatoms. The average molecular weight is 239 g/mol. The van der Waals surface area contributed by atoms with Gasteiger partial charge in [-0.3, -0.25) is 5.41 Å². The summed E-state index contributed by atoms with van der Waals surface area (Å²) in [7, 11) is 1.63. The molecule has 1 heterocycles. The fourth-order valence-electron chi connectivity index (χ4n) is 1.09. The average Bonchev–Trinajstić information content (AvgIpc) is 2.34. The molecule has 0 saturated heterocycles. The van der Waals surface area contributed by atoms with Crippen LogP contribution in [0.25, 0.3) is 0 Å². The minimum Gasteiger partial charge on any atom is -0.490 e. The molecule has 0 aromatic carbocycles. The number of ether oxygens (including phenoxy) is 3. The number of nitrogens with two attached hydrogens (primary N) is 1. The normalized spacial score (nSPS) is 10.2. The van der Waals surface area contributed by atoms with Crippen molar-refractivity contribution in [2.24, 2.45) is 5.73 Å². The smallest absolute Gasteiger partial charge is 0.141 e. The molecule has 1 rings (SSSR count). The highest BCUT2D eigenvalue weighted by Gasteiger charge is 1.99. The molecule has 0 aliphatic rings. The van der Waals surface area contributed by atoms with Gasteiger partial charge in [0.05, 0.1) is 26.0 Å². The number of pyridine rings is 1. The van der Waals surface area contributed by atoms with E-state index < -0.39 is 0 Å². The molecular weight excluding hydrogens is 222 g/mol. The zero-order chi connectivity index (χ0) is 12.5. The summed E-state index contributed by atoms with van der Waals surface area (Å²) in [5.74, 6) is 0.574. The lowest BCUT2D eigenvalue weighted by molar-refractivity contribution is 0.0544. The second-order valence-corrected chi connectivity index (χ2v) is 3.25. The molecular formula is C11H17N3O3. The van der Waals surface area contributed by atoms with Crippen LogP contribution < -0.4 is 10.5 Å². The first kappa shape index (κ1) is 13.4. The summed E-state index contributed by atoms with van der Waals surface area (Å²) in [5, 5.41) is 7.18. The third-order valence-electron chi connectivity index (χ3n) is 1.94. The van der Waals surface area contributed by atoms with Gasteiger partial charge in [-0.05, 0) is 12.1 Å². The van der Waals surface area contributed by atoms with Gasteiger partial charge in [0.15, 0.2) is 0 Å². The second-order valence-electron chi connectivity index (χ2n) is 3.25. The molecule has 3 N–H and O–H groups in total. The molecule has 0 atom stereocenters. The number of aromatic nitrogens is 1. The Balaban J connectivity index is 2.21. The van der Waals surface area contributed by atoms with Crippen LogP contribution in [0, 0.1) is 5.41 Å². The van der Waals surface area contributed by atoms with Gasteiger partial charge in [-0.1, -0.05) is 0 Å². The number of hydrogen-bond donors (Lipinski definition) is 2. The van der Waals surface area contributed by atoms with Gasteiger partial charge in [-0.25, -0.2) is 4.98 Å². The van der Waals surface area contributed by atoms with Crippen molar-refractivity contribution >= 4 is 5.84 Å². The van der Waals surface area contributed by atoms with Crippen LogP contribution in [0.15, 0.2) is 18.3 Å². The van der Waals surface area contributed by atoms with Gasteiger partial charge in [0.25, 0.3) is 0 Å². The number of nitrogens with zero attached hydrogens (tertiary/aromatic N) is 1. The molecule has 0 aliphatic carbocycles. The number of amidine groups is 1. The highest BCUT2D eigenvalue weighted by atomic mass is 16.5. The summed E-state index contributed by atoms with van der Waals surface area (Å²) in [6.45, 7) is 2.08. The third-order valence-corrected chi connectivity index (χ3v) is 1.94. The first-order valence-electron chi connectivity index (χ1n) is 5.24. The molecule has 0 radical (unpaired) electrons. The molecule has 0 fully saturated rings. The molecule has 0 bridgehead atoms. The first-order valence-corrected chi connectivity index (χ1v) is 5.24. The summed E-state index contributed by atoms with van der Waals surface area (Å²) < 4.78 is 15.4. The minimum absolute atomic E-state index is 0.0561. The van der Waals surface area contributed by atoms with E-state index in [0.29, 0.717) is 37.9 Å². The number of methoxy groups -OCH3 is 1. The zero-order valence-electron chi connectivity index (χ0n) is 9.81. The molecule has 0 aliphatic heterocycles. The fraction of sp³-hybridized carbons (Fsp3) is 0.455. The topological polar surface area (TPSA) is 90.5 Å². The predicted octanol–water partition coefficient (Wildman–Crippen LogP) is 0.407. The largest absolute Gasteiger partial charge is 0.490 e. The minimum atomic E-state index is -0.0561. The van der Waals surface area contributed by atoms with Crippen molar-refractivity contribution in [2.45, 2.75) is 0 Å². The van der Waals surface area contributed by atoms with Crippen LogP contribution in [-0.4, -0.2) is 44.4 Å². The van der Waals surface area contributed by atoms with Gasteiger partial charge in [0.2, 0.25) is 0 Å². The summed E-state index contributed by atoms with van der Waals surface area (Å²) in [4.78, 5) is 3.97. The third kappa shape index (κ3) is 5.28. The highest BCUT2D eigenvalue weighted by Crippen LogP contribution is 2.08. The van der Waals surface area contributed by atoms with Gasteiger partial charge >= 0.3 is 0 Å². The van der Waals surface area contributed by atoms with Gasteiger partial charge in [-0.15, -0.1) is 0 Å². The lowest BCUT2D eigenvalue weighted by atomic mass is 10.3. The van der Waals surface area contributed by atoms with Crippen molar-refractivity contribution in [1.82, 2.24) is 4.98 Å². The Morgan fingerprint density at radius 2 is 2.06 bits per heavy atom. The highest BCUT2D eigenvalue weighted by molar-refractivity contribution is 5.92. The molecule has 0 saturated carbocycles. The summed E-state index contributed by atoms with van der Waals surface area (Å²) in [6.07, 6.45) is 1.53. The van der Waals surface area contributed by atoms with E-state index in [1.54, 1.807) is 19.2 Å². The molecule has 6 nitrogen and oxygen atoms in total. The molecule has 0 unspecified atom stereocenters. The van der Waals surface area contributed by atoms with Crippen molar-refractivity contribution in [3.63, 3.8) is 0 Å². The first-order chi connectivity index (χ1) is 8.24. The molecule has 0 spiro atoms. The van der Waals surface area contributed by atoms with Crippen LogP contribution in [-0.2, 0) is 9.47 Å². The Hall–Kier alpha value is -1.66. The van der Waals surface area contributed by atoms with E-state index in [0.717, 1.165) is 0 Å². The van der Waals surface area contributed by atoms with E-state index in [1.165, 1.54) is 6.20 Å². The Morgan fingerprint density at radius 3 is 2.65 bits per heavy atom. The lowest BCUT2D eigenvalue weighted by Gasteiger charge is -2.07. The molecule has 1 aromatic rings. The van der Waals surface area contributed by atoms with Crippen LogP contribution in [0.2, 0.25) is 0 Å². The molecule has 0 amide bonds. The number of rotatable bonds is 8. The maximum absolute atomic E-state index is 7.18. The van der Waals surface area contributed by atoms with E-state index in [-0.39, 0.29) is 5.84 Å². The van der Waals surface area contributed by atoms with Crippen molar-refractivity contribution in [1.29, 1.82) is 5.41 Å². The van der Waals surface area contributed by atoms with Crippen molar-refractivity contribution in [3.05, 3.63) is 24.0 Å². The van der Waals surface area contributed by atoms with E-state index in [4.69, 9.17) is 25.4 Å². The second kappa shape index (κ2) is 7.59. The summed E-state index contributed by atoms with van der Waals surface area (Å²) in [5.41, 5.74) is 5.72. The fourth-order valence-corrected chi connectivity index (χ4v) is 1.09. The number of hydrogen-bond acceptors (Lipinski definition) is 5. The van der Waals surface area contributed by atoms with Crippen molar-refractivity contribution in [3.8, 4) is 5.75 Å². The Morgan fingerprint density at radius 1 is 1.29 bits per heavy atom. The van der Waals surface area contributed by atoms with E-state index in [2.05, 4.69) is 4.98 Å². The lowest BCUT2D eigenvalue weighted by Crippen LogP contribution is -2.13. The van der Waals surface area contributed by atoms with Gasteiger partial charge in [0.1, 0.15) is 23.9 Å². The standard InChI is InChI=1S/C11H17N3O3/c1-15-4-5-16-6-7-17-9-2-3-10(11(12)13)14-8-9/h2-3,8H,4-7H2,1H3,(H3,12,13). The zero-order valence-corrected chi connectivity index (χ0v) is 9.81. The van der Waals surface area contributed by atoms with E-state index >= 15 is 0 Å². The molecule has 94 valence electrons. The predicted molar refractivity (Wildman–Crippen MR) is 63.4 cm³/mol. The van der Waals surface area contributed by atoms with Crippen LogP contribution in [0.3, 0.4) is 0 Å². The number of nitrogen functional groups attached to an aromatic ring is 1. The van der Waals surface area contributed by atoms with Crippen LogP contribution >= 0.6 is 0 Å².